The Hall–Kier alpha value is -1.22. The van der Waals surface area contributed by atoms with Gasteiger partial charge in [0.25, 0.3) is 0 Å². The van der Waals surface area contributed by atoms with Crippen LogP contribution in [0.4, 0.5) is 10.8 Å². The summed E-state index contributed by atoms with van der Waals surface area (Å²) in [4.78, 5) is 6.72. The number of nitrogen functional groups attached to an aromatic ring is 1. The van der Waals surface area contributed by atoms with Crippen molar-refractivity contribution < 1.29 is 9.84 Å². The van der Waals surface area contributed by atoms with E-state index in [1.807, 2.05) is 19.2 Å². The van der Waals surface area contributed by atoms with Gasteiger partial charge in [0.05, 0.1) is 24.4 Å². The minimum Gasteiger partial charge on any atom is -0.394 e. The Morgan fingerprint density at radius 3 is 3.00 bits per heavy atom. The fraction of sp³-hybridized carbons (Fsp3) is 0.538. The number of rotatable bonds is 3. The lowest BCUT2D eigenvalue weighted by Crippen LogP contribution is -2.48. The van der Waals surface area contributed by atoms with Crippen molar-refractivity contribution in [3.05, 3.63) is 11.1 Å². The maximum Gasteiger partial charge on any atom is 0.149 e. The number of thiazole rings is 1. The summed E-state index contributed by atoms with van der Waals surface area (Å²) >= 11 is 2.96. The van der Waals surface area contributed by atoms with Gasteiger partial charge in [0.1, 0.15) is 15.8 Å². The molecule has 0 amide bonds. The van der Waals surface area contributed by atoms with E-state index < -0.39 is 0 Å². The van der Waals surface area contributed by atoms with Gasteiger partial charge in [-0.15, -0.1) is 11.3 Å². The number of hydrogen-bond acceptors (Lipinski definition) is 8. The van der Waals surface area contributed by atoms with E-state index in [9.17, 15) is 5.11 Å². The van der Waals surface area contributed by atoms with Crippen molar-refractivity contribution in [2.45, 2.75) is 26.1 Å². The predicted octanol–water partition coefficient (Wildman–Crippen LogP) is 1.74. The highest BCUT2D eigenvalue weighted by atomic mass is 32.1. The van der Waals surface area contributed by atoms with Gasteiger partial charge in [-0.3, -0.25) is 0 Å². The van der Waals surface area contributed by atoms with Crippen LogP contribution in [-0.4, -0.2) is 46.4 Å². The molecular weight excluding hydrogens is 308 g/mol. The normalized spacial score (nSPS) is 22.7. The molecule has 8 heteroatoms. The van der Waals surface area contributed by atoms with E-state index in [2.05, 4.69) is 14.3 Å². The molecule has 1 fully saturated rings. The van der Waals surface area contributed by atoms with Crippen molar-refractivity contribution in [3.63, 3.8) is 0 Å². The van der Waals surface area contributed by atoms with E-state index in [0.29, 0.717) is 12.4 Å². The first kappa shape index (κ1) is 14.7. The van der Waals surface area contributed by atoms with Crippen molar-refractivity contribution in [2.24, 2.45) is 0 Å². The molecule has 1 aliphatic heterocycles. The lowest BCUT2D eigenvalue weighted by molar-refractivity contribution is -0.0419. The summed E-state index contributed by atoms with van der Waals surface area (Å²) in [5.41, 5.74) is 7.94. The first-order chi connectivity index (χ1) is 10.1. The second-order valence-corrected chi connectivity index (χ2v) is 6.81. The number of hydrogen-bond donors (Lipinski definition) is 2. The smallest absolute Gasteiger partial charge is 0.149 e. The van der Waals surface area contributed by atoms with Crippen LogP contribution in [0.3, 0.4) is 0 Å². The molecule has 3 heterocycles. The average Bonchev–Trinajstić information content (AvgIpc) is 3.03. The molecule has 0 spiro atoms. The number of morpholine rings is 1. The summed E-state index contributed by atoms with van der Waals surface area (Å²) in [7, 11) is 0. The minimum absolute atomic E-state index is 0.0147. The molecule has 1 saturated heterocycles. The third kappa shape index (κ3) is 2.89. The molecule has 2 aromatic rings. The van der Waals surface area contributed by atoms with Gasteiger partial charge in [0, 0.05) is 24.2 Å². The SMILES string of the molecule is Cc1csc(-c2c(N)nsc2N2CC(C)OC(CO)C2)n1. The topological polar surface area (TPSA) is 84.5 Å². The summed E-state index contributed by atoms with van der Waals surface area (Å²) in [6.45, 7) is 5.39. The number of anilines is 2. The van der Waals surface area contributed by atoms with E-state index >= 15 is 0 Å². The van der Waals surface area contributed by atoms with Gasteiger partial charge < -0.3 is 20.5 Å². The molecule has 0 radical (unpaired) electrons. The van der Waals surface area contributed by atoms with Crippen molar-refractivity contribution in [2.75, 3.05) is 30.3 Å². The Morgan fingerprint density at radius 1 is 1.52 bits per heavy atom. The van der Waals surface area contributed by atoms with Crippen LogP contribution in [-0.2, 0) is 4.74 Å². The molecular formula is C13H18N4O2S2. The molecule has 2 unspecified atom stereocenters. The lowest BCUT2D eigenvalue weighted by atomic mass is 10.2. The van der Waals surface area contributed by atoms with Crippen LogP contribution < -0.4 is 10.6 Å². The summed E-state index contributed by atoms with van der Waals surface area (Å²) in [6.07, 6.45) is -0.118. The minimum atomic E-state index is -0.178. The molecule has 114 valence electrons. The highest BCUT2D eigenvalue weighted by molar-refractivity contribution is 7.15. The van der Waals surface area contributed by atoms with Gasteiger partial charge in [0.2, 0.25) is 0 Å². The Bertz CT molecular complexity index is 627. The predicted molar refractivity (Wildman–Crippen MR) is 86.0 cm³/mol. The van der Waals surface area contributed by atoms with Crippen LogP contribution in [0.25, 0.3) is 10.6 Å². The highest BCUT2D eigenvalue weighted by Crippen LogP contribution is 2.41. The third-order valence-electron chi connectivity index (χ3n) is 3.35. The van der Waals surface area contributed by atoms with Crippen LogP contribution in [0.2, 0.25) is 0 Å². The van der Waals surface area contributed by atoms with Crippen molar-refractivity contribution in [3.8, 4) is 10.6 Å². The van der Waals surface area contributed by atoms with E-state index in [-0.39, 0.29) is 18.8 Å². The molecule has 0 aliphatic carbocycles. The summed E-state index contributed by atoms with van der Waals surface area (Å²) in [5.74, 6) is 0.518. The summed E-state index contributed by atoms with van der Waals surface area (Å²) in [6, 6.07) is 0. The van der Waals surface area contributed by atoms with Crippen LogP contribution >= 0.6 is 22.9 Å². The molecule has 1 aliphatic rings. The molecule has 6 nitrogen and oxygen atoms in total. The van der Waals surface area contributed by atoms with E-state index in [1.165, 1.54) is 11.5 Å². The Labute approximate surface area is 131 Å². The second-order valence-electron chi connectivity index (χ2n) is 5.20. The molecule has 0 saturated carbocycles. The zero-order valence-corrected chi connectivity index (χ0v) is 13.6. The molecule has 21 heavy (non-hydrogen) atoms. The molecule has 2 aromatic heterocycles. The first-order valence-corrected chi connectivity index (χ1v) is 8.42. The molecule has 2 atom stereocenters. The number of aromatic nitrogens is 2. The van der Waals surface area contributed by atoms with E-state index in [1.54, 1.807) is 11.3 Å². The van der Waals surface area contributed by atoms with E-state index in [0.717, 1.165) is 27.8 Å². The summed E-state index contributed by atoms with van der Waals surface area (Å²) in [5, 5.41) is 13.3. The molecule has 3 N–H and O–H groups in total. The van der Waals surface area contributed by atoms with Gasteiger partial charge >= 0.3 is 0 Å². The van der Waals surface area contributed by atoms with Gasteiger partial charge in [-0.25, -0.2) is 4.98 Å². The maximum absolute atomic E-state index is 9.37. The fourth-order valence-corrected chi connectivity index (χ4v) is 4.24. The third-order valence-corrected chi connectivity index (χ3v) is 5.25. The Balaban J connectivity index is 1.95. The van der Waals surface area contributed by atoms with Gasteiger partial charge in [-0.2, -0.15) is 4.37 Å². The van der Waals surface area contributed by atoms with Crippen LogP contribution in [0.5, 0.6) is 0 Å². The quantitative estimate of drug-likeness (QED) is 0.894. The highest BCUT2D eigenvalue weighted by Gasteiger charge is 2.29. The monoisotopic (exact) mass is 326 g/mol. The van der Waals surface area contributed by atoms with Gasteiger partial charge in [0.15, 0.2) is 0 Å². The largest absolute Gasteiger partial charge is 0.394 e. The standard InChI is InChI=1S/C13H18N4O2S2/c1-7-6-20-12(15-7)10-11(14)16-21-13(10)17-3-8(2)19-9(4-17)5-18/h6,8-9,18H,3-5H2,1-2H3,(H2,14,16). The number of nitrogens with zero attached hydrogens (tertiary/aromatic N) is 3. The summed E-state index contributed by atoms with van der Waals surface area (Å²) < 4.78 is 9.99. The number of aliphatic hydroxyl groups is 1. The maximum atomic E-state index is 9.37. The van der Waals surface area contributed by atoms with Crippen LogP contribution in [0, 0.1) is 6.92 Å². The Kier molecular flexibility index (Phi) is 4.12. The zero-order chi connectivity index (χ0) is 15.0. The van der Waals surface area contributed by atoms with Gasteiger partial charge in [-0.1, -0.05) is 0 Å². The van der Waals surface area contributed by atoms with Crippen molar-refractivity contribution in [1.82, 2.24) is 9.36 Å². The molecule has 3 rings (SSSR count). The first-order valence-electron chi connectivity index (χ1n) is 6.77. The van der Waals surface area contributed by atoms with Crippen molar-refractivity contribution in [1.29, 1.82) is 0 Å². The average molecular weight is 326 g/mol. The van der Waals surface area contributed by atoms with E-state index in [4.69, 9.17) is 10.5 Å². The Morgan fingerprint density at radius 2 is 2.33 bits per heavy atom. The second kappa shape index (κ2) is 5.88. The van der Waals surface area contributed by atoms with Crippen LogP contribution in [0.1, 0.15) is 12.6 Å². The number of aryl methyl sites for hydroxylation is 1. The van der Waals surface area contributed by atoms with Gasteiger partial charge in [-0.05, 0) is 25.4 Å². The zero-order valence-electron chi connectivity index (χ0n) is 11.9. The van der Waals surface area contributed by atoms with Crippen molar-refractivity contribution >= 4 is 33.7 Å². The number of ether oxygens (including phenoxy) is 1. The lowest BCUT2D eigenvalue weighted by Gasteiger charge is -2.36. The van der Waals surface area contributed by atoms with Crippen LogP contribution in [0.15, 0.2) is 5.38 Å². The fourth-order valence-electron chi connectivity index (χ4n) is 2.49. The molecule has 0 aromatic carbocycles. The number of nitrogens with two attached hydrogens (primary N) is 1. The number of aliphatic hydroxyl groups excluding tert-OH is 1. The molecule has 0 bridgehead atoms.